The van der Waals surface area contributed by atoms with Crippen LogP contribution >= 0.6 is 0 Å². The predicted octanol–water partition coefficient (Wildman–Crippen LogP) is 1.71. The fraction of sp³-hybridized carbons (Fsp3) is 0.600. The van der Waals surface area contributed by atoms with E-state index in [1.807, 2.05) is 11.8 Å². The van der Waals surface area contributed by atoms with Gasteiger partial charge in [-0.15, -0.1) is 5.10 Å². The Kier molecular flexibility index (Phi) is 5.25. The second-order valence-corrected chi connectivity index (χ2v) is 13.7. The Labute approximate surface area is 216 Å². The summed E-state index contributed by atoms with van der Waals surface area (Å²) in [5.41, 5.74) is 1.44. The first-order chi connectivity index (χ1) is 17.6. The monoisotopic (exact) mass is 522 g/mol. The minimum Gasteiger partial charge on any atom is -0.350 e. The Morgan fingerprint density at radius 3 is 2.51 bits per heavy atom. The summed E-state index contributed by atoms with van der Waals surface area (Å²) in [5, 5.41) is 17.7. The maximum absolute atomic E-state index is 13.4. The fourth-order valence-electron chi connectivity index (χ4n) is 6.29. The number of nitrogens with zero attached hydrogens (tertiary/aromatic N) is 8. The highest BCUT2D eigenvalue weighted by Gasteiger charge is 2.57. The predicted molar refractivity (Wildman–Crippen MR) is 136 cm³/mol. The topological polar surface area (TPSA) is 136 Å². The summed E-state index contributed by atoms with van der Waals surface area (Å²) in [6.45, 7) is 7.27. The zero-order valence-corrected chi connectivity index (χ0v) is 22.1. The van der Waals surface area contributed by atoms with E-state index in [0.717, 1.165) is 36.5 Å². The molecule has 37 heavy (non-hydrogen) atoms. The lowest BCUT2D eigenvalue weighted by Crippen LogP contribution is -2.66. The standard InChI is InChI=1S/C25H30N8O3S/c1-16-13-32(23(34)24(3)7-8-37(24,35)36)17(2)12-31(16)21-20-22(28-15-27-21)33(14-25(20)5-4-6-25)19-9-18(10-26)11-29-30-19/h9,11,15-17H,4-8,12-14H2,1-3H3/t16-,17+,24+/m0/s1. The van der Waals surface area contributed by atoms with Crippen LogP contribution in [0.15, 0.2) is 18.6 Å². The largest absolute Gasteiger partial charge is 0.350 e. The third-order valence-corrected chi connectivity index (χ3v) is 11.4. The summed E-state index contributed by atoms with van der Waals surface area (Å²) in [6, 6.07) is 3.64. The lowest BCUT2D eigenvalue weighted by atomic mass is 9.66. The molecule has 0 aromatic carbocycles. The molecule has 0 N–H and O–H groups in total. The number of hydrogen-bond acceptors (Lipinski definition) is 10. The Morgan fingerprint density at radius 2 is 1.89 bits per heavy atom. The molecule has 1 aliphatic carbocycles. The van der Waals surface area contributed by atoms with Crippen LogP contribution in [-0.2, 0) is 20.0 Å². The van der Waals surface area contributed by atoms with Crippen LogP contribution in [-0.4, -0.2) is 81.6 Å². The van der Waals surface area contributed by atoms with Crippen LogP contribution in [0.3, 0.4) is 0 Å². The van der Waals surface area contributed by atoms with E-state index in [-0.39, 0.29) is 29.2 Å². The van der Waals surface area contributed by atoms with Crippen LogP contribution in [0.4, 0.5) is 17.5 Å². The maximum atomic E-state index is 13.4. The highest BCUT2D eigenvalue weighted by Crippen LogP contribution is 2.56. The Bertz CT molecular complexity index is 1440. The Hall–Kier alpha value is -3.33. The molecule has 3 fully saturated rings. The number of anilines is 3. The van der Waals surface area contributed by atoms with Crippen molar-refractivity contribution in [2.24, 2.45) is 0 Å². The molecule has 4 aliphatic rings. The van der Waals surface area contributed by atoms with Gasteiger partial charge in [0, 0.05) is 48.8 Å². The summed E-state index contributed by atoms with van der Waals surface area (Å²) in [7, 11) is -3.40. The molecule has 1 amide bonds. The second kappa shape index (κ2) is 8.08. The highest BCUT2D eigenvalue weighted by molar-refractivity contribution is 7.95. The van der Waals surface area contributed by atoms with Gasteiger partial charge in [-0.25, -0.2) is 18.4 Å². The van der Waals surface area contributed by atoms with Gasteiger partial charge in [-0.2, -0.15) is 10.4 Å². The van der Waals surface area contributed by atoms with Crippen LogP contribution in [0.1, 0.15) is 57.6 Å². The average molecular weight is 523 g/mol. The molecule has 6 rings (SSSR count). The molecule has 0 unspecified atom stereocenters. The van der Waals surface area contributed by atoms with Gasteiger partial charge in [0.25, 0.3) is 0 Å². The number of hydrogen-bond donors (Lipinski definition) is 0. The Balaban J connectivity index is 1.34. The summed E-state index contributed by atoms with van der Waals surface area (Å²) in [5.74, 6) is 2.04. The molecule has 12 heteroatoms. The molecule has 2 aromatic rings. The van der Waals surface area contributed by atoms with Crippen molar-refractivity contribution >= 4 is 33.2 Å². The molecular weight excluding hydrogens is 492 g/mol. The van der Waals surface area contributed by atoms with Gasteiger partial charge >= 0.3 is 0 Å². The molecule has 11 nitrogen and oxygen atoms in total. The average Bonchev–Trinajstić information content (AvgIpc) is 3.25. The molecule has 0 radical (unpaired) electrons. The fourth-order valence-corrected chi connectivity index (χ4v) is 7.83. The van der Waals surface area contributed by atoms with Gasteiger partial charge in [-0.1, -0.05) is 6.42 Å². The van der Waals surface area contributed by atoms with Crippen molar-refractivity contribution < 1.29 is 13.2 Å². The third-order valence-electron chi connectivity index (χ3n) is 8.92. The first kappa shape index (κ1) is 24.0. The van der Waals surface area contributed by atoms with Crippen LogP contribution in [0.2, 0.25) is 0 Å². The van der Waals surface area contributed by atoms with E-state index in [1.54, 1.807) is 24.2 Å². The van der Waals surface area contributed by atoms with Crippen molar-refractivity contribution in [3.05, 3.63) is 29.7 Å². The number of fused-ring (bicyclic) bond motifs is 2. The van der Waals surface area contributed by atoms with Gasteiger partial charge in [-0.3, -0.25) is 4.79 Å². The molecule has 0 bridgehead atoms. The first-order valence-corrected chi connectivity index (χ1v) is 14.4. The molecule has 2 aromatic heterocycles. The van der Waals surface area contributed by atoms with E-state index in [1.165, 1.54) is 6.20 Å². The number of sulfone groups is 1. The van der Waals surface area contributed by atoms with Crippen molar-refractivity contribution in [3.8, 4) is 6.07 Å². The summed E-state index contributed by atoms with van der Waals surface area (Å²) < 4.78 is 23.5. The van der Waals surface area contributed by atoms with E-state index in [0.29, 0.717) is 37.4 Å². The highest BCUT2D eigenvalue weighted by atomic mass is 32.2. The van der Waals surface area contributed by atoms with Crippen molar-refractivity contribution in [1.82, 2.24) is 25.1 Å². The van der Waals surface area contributed by atoms with E-state index < -0.39 is 14.6 Å². The molecule has 3 aliphatic heterocycles. The molecule has 2 saturated heterocycles. The van der Waals surface area contributed by atoms with Gasteiger partial charge in [0.1, 0.15) is 28.8 Å². The van der Waals surface area contributed by atoms with Crippen molar-refractivity contribution in [2.45, 2.75) is 68.7 Å². The summed E-state index contributed by atoms with van der Waals surface area (Å²) >= 11 is 0. The minimum atomic E-state index is -3.40. The SMILES string of the molecule is C[C@@H]1CN(c2ncnc3c2C2(CCC2)CN3c2cc(C#N)cnn2)[C@@H](C)CN1C(=O)[C@@]1(C)CCS1(=O)=O. The smallest absolute Gasteiger partial charge is 0.244 e. The number of piperazine rings is 1. The second-order valence-electron chi connectivity index (χ2n) is 11.1. The maximum Gasteiger partial charge on any atom is 0.244 e. The molecule has 1 spiro atoms. The van der Waals surface area contributed by atoms with E-state index in [4.69, 9.17) is 4.98 Å². The van der Waals surface area contributed by atoms with Crippen LogP contribution in [0.25, 0.3) is 0 Å². The van der Waals surface area contributed by atoms with Crippen LogP contribution in [0.5, 0.6) is 0 Å². The van der Waals surface area contributed by atoms with Gasteiger partial charge in [0.2, 0.25) is 5.91 Å². The van der Waals surface area contributed by atoms with Gasteiger partial charge < -0.3 is 14.7 Å². The van der Waals surface area contributed by atoms with E-state index >= 15 is 0 Å². The molecular formula is C25H30N8O3S. The van der Waals surface area contributed by atoms with Gasteiger partial charge in [-0.05, 0) is 40.0 Å². The van der Waals surface area contributed by atoms with Gasteiger partial charge in [0.15, 0.2) is 15.7 Å². The van der Waals surface area contributed by atoms with Crippen molar-refractivity contribution in [1.29, 1.82) is 5.26 Å². The minimum absolute atomic E-state index is 0.0570. The third kappa shape index (κ3) is 3.36. The Morgan fingerprint density at radius 1 is 1.14 bits per heavy atom. The number of carbonyl (C=O) groups is 1. The van der Waals surface area contributed by atoms with E-state index in [9.17, 15) is 18.5 Å². The number of rotatable bonds is 3. The normalized spacial score (nSPS) is 29.3. The zero-order valence-electron chi connectivity index (χ0n) is 21.3. The molecule has 194 valence electrons. The molecule has 1 saturated carbocycles. The van der Waals surface area contributed by atoms with Crippen LogP contribution < -0.4 is 9.80 Å². The van der Waals surface area contributed by atoms with Crippen molar-refractivity contribution in [3.63, 3.8) is 0 Å². The lowest BCUT2D eigenvalue weighted by Gasteiger charge is -2.49. The zero-order chi connectivity index (χ0) is 26.2. The van der Waals surface area contributed by atoms with Gasteiger partial charge in [0.05, 0.1) is 17.5 Å². The number of carbonyl (C=O) groups excluding carboxylic acids is 1. The number of nitriles is 1. The van der Waals surface area contributed by atoms with E-state index in [2.05, 4.69) is 33.1 Å². The van der Waals surface area contributed by atoms with Crippen molar-refractivity contribution in [2.75, 3.05) is 35.2 Å². The molecule has 5 heterocycles. The summed E-state index contributed by atoms with van der Waals surface area (Å²) in [4.78, 5) is 28.8. The first-order valence-electron chi connectivity index (χ1n) is 12.8. The molecule has 3 atom stereocenters. The number of amides is 1. The van der Waals surface area contributed by atoms with Crippen LogP contribution in [0, 0.1) is 11.3 Å². The summed E-state index contributed by atoms with van der Waals surface area (Å²) in [6.07, 6.45) is 6.54. The number of aromatic nitrogens is 4. The quantitative estimate of drug-likeness (QED) is 0.586. The lowest BCUT2D eigenvalue weighted by molar-refractivity contribution is -0.137.